The average Bonchev–Trinajstić information content (AvgIpc) is 2.19. The fraction of sp³-hybridized carbons (Fsp3) is 0.111. The van der Waals surface area contributed by atoms with E-state index in [-0.39, 0.29) is 0 Å². The predicted molar refractivity (Wildman–Crippen MR) is 50.5 cm³/mol. The Morgan fingerprint density at radius 2 is 1.85 bits per heavy atom. The summed E-state index contributed by atoms with van der Waals surface area (Å²) < 4.78 is 5.12. The highest BCUT2D eigenvalue weighted by molar-refractivity contribution is 5.90. The number of hydrogen-bond acceptors (Lipinski definition) is 4. The van der Waals surface area contributed by atoms with Crippen molar-refractivity contribution in [3.05, 3.63) is 24.5 Å². The topological polar surface area (TPSA) is 61.0 Å². The van der Waals surface area contributed by atoms with Crippen LogP contribution in [0.1, 0.15) is 0 Å². The Labute approximate surface area is 75.4 Å². The third-order valence-electron chi connectivity index (χ3n) is 1.84. The molecule has 2 rings (SSSR count). The summed E-state index contributed by atoms with van der Waals surface area (Å²) in [4.78, 5) is 8.27. The molecule has 0 bridgehead atoms. The number of anilines is 1. The monoisotopic (exact) mass is 175 g/mol. The van der Waals surface area contributed by atoms with Gasteiger partial charge in [0.05, 0.1) is 12.8 Å². The summed E-state index contributed by atoms with van der Waals surface area (Å²) >= 11 is 0. The second-order valence-electron chi connectivity index (χ2n) is 2.61. The van der Waals surface area contributed by atoms with Crippen LogP contribution >= 0.6 is 0 Å². The van der Waals surface area contributed by atoms with E-state index < -0.39 is 0 Å². The van der Waals surface area contributed by atoms with E-state index in [4.69, 9.17) is 10.5 Å². The number of fused-ring (bicyclic) bond motifs is 1. The molecule has 0 amide bonds. The normalized spacial score (nSPS) is 10.2. The van der Waals surface area contributed by atoms with Crippen LogP contribution in [-0.2, 0) is 0 Å². The lowest BCUT2D eigenvalue weighted by Gasteiger charge is -2.04. The first kappa shape index (κ1) is 7.79. The van der Waals surface area contributed by atoms with Crippen LogP contribution in [0.4, 0.5) is 5.69 Å². The highest BCUT2D eigenvalue weighted by atomic mass is 16.5. The lowest BCUT2D eigenvalue weighted by molar-refractivity contribution is 0.419. The van der Waals surface area contributed by atoms with Gasteiger partial charge in [0.2, 0.25) is 0 Å². The quantitative estimate of drug-likeness (QED) is 0.662. The highest BCUT2D eigenvalue weighted by Crippen LogP contribution is 2.25. The maximum absolute atomic E-state index is 5.72. The number of methoxy groups -OCH3 is 1. The van der Waals surface area contributed by atoms with Gasteiger partial charge in [0.15, 0.2) is 0 Å². The predicted octanol–water partition coefficient (Wildman–Crippen LogP) is 1.22. The Balaban J connectivity index is 2.84. The van der Waals surface area contributed by atoms with Crippen molar-refractivity contribution in [3.63, 3.8) is 0 Å². The van der Waals surface area contributed by atoms with Gasteiger partial charge >= 0.3 is 0 Å². The molecular weight excluding hydrogens is 166 g/mol. The van der Waals surface area contributed by atoms with Crippen molar-refractivity contribution in [2.24, 2.45) is 0 Å². The molecule has 0 atom stereocenters. The number of aromatic nitrogens is 2. The number of benzene rings is 1. The number of nitrogens with two attached hydrogens (primary N) is 1. The second-order valence-corrected chi connectivity index (χ2v) is 2.61. The van der Waals surface area contributed by atoms with E-state index in [0.717, 1.165) is 0 Å². The largest absolute Gasteiger partial charge is 0.494 e. The number of nitrogen functional groups attached to an aromatic ring is 1. The summed E-state index contributed by atoms with van der Waals surface area (Å²) in [5.41, 5.74) is 7.72. The maximum Gasteiger partial charge on any atom is 0.146 e. The SMILES string of the molecule is COc1ccc(N)c2nccnc12. The Morgan fingerprint density at radius 1 is 1.15 bits per heavy atom. The first-order chi connectivity index (χ1) is 6.33. The van der Waals surface area contributed by atoms with Crippen LogP contribution < -0.4 is 10.5 Å². The van der Waals surface area contributed by atoms with E-state index in [1.165, 1.54) is 0 Å². The van der Waals surface area contributed by atoms with Gasteiger partial charge in [-0.1, -0.05) is 0 Å². The van der Waals surface area contributed by atoms with Gasteiger partial charge in [-0.25, -0.2) is 4.98 Å². The lowest BCUT2D eigenvalue weighted by Crippen LogP contribution is -1.93. The van der Waals surface area contributed by atoms with Crippen molar-refractivity contribution in [2.45, 2.75) is 0 Å². The lowest BCUT2D eigenvalue weighted by atomic mass is 10.2. The van der Waals surface area contributed by atoms with Crippen molar-refractivity contribution < 1.29 is 4.74 Å². The molecule has 0 radical (unpaired) electrons. The van der Waals surface area contributed by atoms with Gasteiger partial charge in [-0.3, -0.25) is 4.98 Å². The minimum Gasteiger partial charge on any atom is -0.494 e. The highest BCUT2D eigenvalue weighted by Gasteiger charge is 2.05. The van der Waals surface area contributed by atoms with Crippen LogP contribution in [0.25, 0.3) is 11.0 Å². The molecule has 4 heteroatoms. The van der Waals surface area contributed by atoms with Crippen LogP contribution in [0, 0.1) is 0 Å². The number of hydrogen-bond donors (Lipinski definition) is 1. The molecular formula is C9H9N3O. The summed E-state index contributed by atoms with van der Waals surface area (Å²) in [6.45, 7) is 0. The zero-order valence-corrected chi connectivity index (χ0v) is 7.19. The Morgan fingerprint density at radius 3 is 2.54 bits per heavy atom. The zero-order chi connectivity index (χ0) is 9.26. The van der Waals surface area contributed by atoms with E-state index in [2.05, 4.69) is 9.97 Å². The number of ether oxygens (including phenoxy) is 1. The van der Waals surface area contributed by atoms with Crippen molar-refractivity contribution in [1.82, 2.24) is 9.97 Å². The standard InChI is InChI=1S/C9H9N3O/c1-13-7-3-2-6(10)8-9(7)12-5-4-11-8/h2-5H,10H2,1H3. The summed E-state index contributed by atoms with van der Waals surface area (Å²) in [6, 6.07) is 3.54. The van der Waals surface area contributed by atoms with Crippen LogP contribution in [-0.4, -0.2) is 17.1 Å². The first-order valence-electron chi connectivity index (χ1n) is 3.86. The van der Waals surface area contributed by atoms with Gasteiger partial charge < -0.3 is 10.5 Å². The summed E-state index contributed by atoms with van der Waals surface area (Å²) in [6.07, 6.45) is 3.22. The van der Waals surface area contributed by atoms with E-state index in [0.29, 0.717) is 22.5 Å². The third-order valence-corrected chi connectivity index (χ3v) is 1.84. The Bertz CT molecular complexity index is 442. The van der Waals surface area contributed by atoms with Gasteiger partial charge in [-0.2, -0.15) is 0 Å². The molecule has 2 aromatic rings. The maximum atomic E-state index is 5.72. The third kappa shape index (κ3) is 1.16. The summed E-state index contributed by atoms with van der Waals surface area (Å²) in [5.74, 6) is 0.692. The molecule has 0 saturated heterocycles. The Kier molecular flexibility index (Phi) is 1.73. The minimum absolute atomic E-state index is 0.615. The molecule has 13 heavy (non-hydrogen) atoms. The zero-order valence-electron chi connectivity index (χ0n) is 7.19. The Hall–Kier alpha value is -1.84. The van der Waals surface area contributed by atoms with E-state index in [1.807, 2.05) is 0 Å². The molecule has 66 valence electrons. The van der Waals surface area contributed by atoms with Crippen LogP contribution in [0.3, 0.4) is 0 Å². The molecule has 1 aromatic carbocycles. The molecule has 1 aromatic heterocycles. The molecule has 0 fully saturated rings. The summed E-state index contributed by atoms with van der Waals surface area (Å²) in [5, 5.41) is 0. The molecule has 0 saturated carbocycles. The fourth-order valence-electron chi connectivity index (χ4n) is 1.22. The van der Waals surface area contributed by atoms with Gasteiger partial charge in [-0.15, -0.1) is 0 Å². The molecule has 4 nitrogen and oxygen atoms in total. The average molecular weight is 175 g/mol. The molecule has 0 aliphatic rings. The molecule has 0 spiro atoms. The van der Waals surface area contributed by atoms with Gasteiger partial charge in [-0.05, 0) is 12.1 Å². The number of nitrogens with zero attached hydrogens (tertiary/aromatic N) is 2. The van der Waals surface area contributed by atoms with E-state index in [1.54, 1.807) is 31.6 Å². The smallest absolute Gasteiger partial charge is 0.146 e. The van der Waals surface area contributed by atoms with Crippen molar-refractivity contribution >= 4 is 16.7 Å². The van der Waals surface area contributed by atoms with Gasteiger partial charge in [0, 0.05) is 12.4 Å². The van der Waals surface area contributed by atoms with Crippen LogP contribution in [0.2, 0.25) is 0 Å². The molecule has 1 heterocycles. The van der Waals surface area contributed by atoms with Crippen molar-refractivity contribution in [3.8, 4) is 5.75 Å². The van der Waals surface area contributed by atoms with Crippen LogP contribution in [0.15, 0.2) is 24.5 Å². The molecule has 0 aliphatic carbocycles. The second kappa shape index (κ2) is 2.90. The van der Waals surface area contributed by atoms with Crippen molar-refractivity contribution in [2.75, 3.05) is 12.8 Å². The summed E-state index contributed by atoms with van der Waals surface area (Å²) in [7, 11) is 1.60. The van der Waals surface area contributed by atoms with Gasteiger partial charge in [0.25, 0.3) is 0 Å². The molecule has 0 unspecified atom stereocenters. The fourth-order valence-corrected chi connectivity index (χ4v) is 1.22. The van der Waals surface area contributed by atoms with Crippen LogP contribution in [0.5, 0.6) is 5.75 Å². The molecule has 2 N–H and O–H groups in total. The first-order valence-corrected chi connectivity index (χ1v) is 3.86. The van der Waals surface area contributed by atoms with E-state index >= 15 is 0 Å². The molecule has 0 aliphatic heterocycles. The van der Waals surface area contributed by atoms with Gasteiger partial charge in [0.1, 0.15) is 16.8 Å². The minimum atomic E-state index is 0.615. The van der Waals surface area contributed by atoms with E-state index in [9.17, 15) is 0 Å². The van der Waals surface area contributed by atoms with Crippen molar-refractivity contribution in [1.29, 1.82) is 0 Å². The number of rotatable bonds is 1.